The molecule has 2 aromatic carbocycles. The Bertz CT molecular complexity index is 840. The number of nitrogens with one attached hydrogen (secondary N) is 1. The highest BCUT2D eigenvalue weighted by Gasteiger charge is 2.29. The van der Waals surface area contributed by atoms with Crippen LogP contribution in [0.4, 0.5) is 4.79 Å². The molecule has 1 N–H and O–H groups in total. The van der Waals surface area contributed by atoms with E-state index in [0.29, 0.717) is 5.92 Å². The molecule has 4 nitrogen and oxygen atoms in total. The van der Waals surface area contributed by atoms with Crippen LogP contribution in [-0.2, 0) is 0 Å². The van der Waals surface area contributed by atoms with Gasteiger partial charge in [-0.15, -0.1) is 0 Å². The second kappa shape index (κ2) is 9.82. The molecule has 2 fully saturated rings. The van der Waals surface area contributed by atoms with Gasteiger partial charge in [0.25, 0.3) is 0 Å². The first-order valence-electron chi connectivity index (χ1n) is 11.9. The Morgan fingerprint density at radius 3 is 2.57 bits per heavy atom. The van der Waals surface area contributed by atoms with E-state index < -0.39 is 0 Å². The van der Waals surface area contributed by atoms with Gasteiger partial charge in [-0.2, -0.15) is 0 Å². The quantitative estimate of drug-likeness (QED) is 0.666. The zero-order valence-corrected chi connectivity index (χ0v) is 18.6. The fourth-order valence-corrected chi connectivity index (χ4v) is 5.33. The van der Waals surface area contributed by atoms with Crippen molar-refractivity contribution in [1.82, 2.24) is 15.1 Å². The first-order chi connectivity index (χ1) is 14.6. The molecule has 30 heavy (non-hydrogen) atoms. The van der Waals surface area contributed by atoms with Crippen LogP contribution in [0.5, 0.6) is 0 Å². The fourth-order valence-electron chi connectivity index (χ4n) is 5.33. The van der Waals surface area contributed by atoms with Gasteiger partial charge in [0.1, 0.15) is 0 Å². The summed E-state index contributed by atoms with van der Waals surface area (Å²) in [7, 11) is 2.13. The molecule has 4 rings (SSSR count). The first kappa shape index (κ1) is 21.2. The molecule has 1 aliphatic carbocycles. The molecular formula is C26H37N3O. The third-order valence-corrected chi connectivity index (χ3v) is 7.24. The lowest BCUT2D eigenvalue weighted by atomic mass is 9.88. The number of carbonyl (C=O) groups is 1. The van der Waals surface area contributed by atoms with E-state index >= 15 is 0 Å². The number of hydrogen-bond donors (Lipinski definition) is 1. The van der Waals surface area contributed by atoms with E-state index in [2.05, 4.69) is 71.6 Å². The van der Waals surface area contributed by atoms with Crippen molar-refractivity contribution in [2.24, 2.45) is 5.92 Å². The van der Waals surface area contributed by atoms with Crippen LogP contribution in [-0.4, -0.2) is 42.1 Å². The van der Waals surface area contributed by atoms with Crippen molar-refractivity contribution >= 4 is 16.8 Å². The number of urea groups is 1. The van der Waals surface area contributed by atoms with Gasteiger partial charge >= 0.3 is 6.03 Å². The van der Waals surface area contributed by atoms with Crippen LogP contribution >= 0.6 is 0 Å². The van der Waals surface area contributed by atoms with Crippen LogP contribution in [0.1, 0.15) is 69.9 Å². The van der Waals surface area contributed by atoms with Gasteiger partial charge in [-0.25, -0.2) is 4.79 Å². The Kier molecular flexibility index (Phi) is 6.93. The topological polar surface area (TPSA) is 35.6 Å². The number of hydrogen-bond acceptors (Lipinski definition) is 2. The Hall–Kier alpha value is -2.07. The largest absolute Gasteiger partial charge is 0.322 e. The summed E-state index contributed by atoms with van der Waals surface area (Å²) in [4.78, 5) is 18.0. The molecule has 0 spiro atoms. The predicted molar refractivity (Wildman–Crippen MR) is 124 cm³/mol. The summed E-state index contributed by atoms with van der Waals surface area (Å²) in [5, 5.41) is 5.87. The second-order valence-corrected chi connectivity index (χ2v) is 9.34. The van der Waals surface area contributed by atoms with Crippen LogP contribution in [0.25, 0.3) is 10.8 Å². The molecule has 1 saturated carbocycles. The Morgan fingerprint density at radius 2 is 1.77 bits per heavy atom. The second-order valence-electron chi connectivity index (χ2n) is 9.34. The summed E-state index contributed by atoms with van der Waals surface area (Å²) < 4.78 is 0. The number of likely N-dealkylation sites (tertiary alicyclic amines) is 1. The third-order valence-electron chi connectivity index (χ3n) is 7.24. The molecule has 2 atom stereocenters. The van der Waals surface area contributed by atoms with E-state index in [4.69, 9.17) is 0 Å². The summed E-state index contributed by atoms with van der Waals surface area (Å²) >= 11 is 0. The van der Waals surface area contributed by atoms with Crippen molar-refractivity contribution in [3.63, 3.8) is 0 Å². The fraction of sp³-hybridized carbons (Fsp3) is 0.577. The molecule has 0 radical (unpaired) electrons. The molecule has 1 heterocycles. The molecule has 1 saturated heterocycles. The highest BCUT2D eigenvalue weighted by Crippen LogP contribution is 2.32. The number of piperidine rings is 1. The smallest absolute Gasteiger partial charge is 0.319 e. The Balaban J connectivity index is 1.59. The van der Waals surface area contributed by atoms with E-state index in [9.17, 15) is 4.79 Å². The van der Waals surface area contributed by atoms with Gasteiger partial charge in [0.2, 0.25) is 0 Å². The number of amides is 2. The Morgan fingerprint density at radius 1 is 1.03 bits per heavy atom. The first-order valence-corrected chi connectivity index (χ1v) is 11.9. The molecule has 2 aliphatic rings. The van der Waals surface area contributed by atoms with Crippen LogP contribution in [0.2, 0.25) is 0 Å². The maximum atomic E-state index is 13.6. The maximum absolute atomic E-state index is 13.6. The van der Waals surface area contributed by atoms with Crippen molar-refractivity contribution in [1.29, 1.82) is 0 Å². The standard InChI is InChI=1S/C26H37N3O/c1-20(23-16-10-14-22-13-6-7-15-24(22)23)29(19-21-11-4-3-5-12-21)26(30)27-25-17-8-9-18-28(25)2/h6-7,10,13-16,20-21,25H,3-5,8-9,11-12,17-19H2,1-2H3,(H,27,30). The number of benzene rings is 2. The van der Waals surface area contributed by atoms with Crippen molar-refractivity contribution in [2.45, 2.75) is 70.5 Å². The van der Waals surface area contributed by atoms with Gasteiger partial charge in [0.15, 0.2) is 0 Å². The molecule has 1 aliphatic heterocycles. The van der Waals surface area contributed by atoms with Crippen LogP contribution in [0, 0.1) is 5.92 Å². The van der Waals surface area contributed by atoms with Crippen molar-refractivity contribution in [3.05, 3.63) is 48.0 Å². The summed E-state index contributed by atoms with van der Waals surface area (Å²) in [6.45, 7) is 4.12. The molecule has 2 aromatic rings. The predicted octanol–water partition coefficient (Wildman–Crippen LogP) is 5.93. The SMILES string of the molecule is CC(c1cccc2ccccc12)N(CC1CCCCC1)C(=O)NC1CCCCN1C. The number of fused-ring (bicyclic) bond motifs is 1. The summed E-state index contributed by atoms with van der Waals surface area (Å²) in [6, 6.07) is 15.2. The minimum Gasteiger partial charge on any atom is -0.322 e. The lowest BCUT2D eigenvalue weighted by molar-refractivity contribution is 0.121. The monoisotopic (exact) mass is 407 g/mol. The zero-order chi connectivity index (χ0) is 20.9. The lowest BCUT2D eigenvalue weighted by Gasteiger charge is -2.38. The van der Waals surface area contributed by atoms with Crippen molar-refractivity contribution in [2.75, 3.05) is 20.1 Å². The molecule has 2 unspecified atom stereocenters. The summed E-state index contributed by atoms with van der Waals surface area (Å²) in [5.74, 6) is 0.617. The molecule has 0 bridgehead atoms. The maximum Gasteiger partial charge on any atom is 0.319 e. The zero-order valence-electron chi connectivity index (χ0n) is 18.6. The van der Waals surface area contributed by atoms with Gasteiger partial charge in [0.05, 0.1) is 12.2 Å². The summed E-state index contributed by atoms with van der Waals surface area (Å²) in [6.07, 6.45) is 10.0. The molecular weight excluding hydrogens is 370 g/mol. The van der Waals surface area contributed by atoms with E-state index in [0.717, 1.165) is 19.5 Å². The Labute approximate surface area is 181 Å². The number of rotatable bonds is 5. The average molecular weight is 408 g/mol. The molecule has 162 valence electrons. The normalized spacial score (nSPS) is 22.0. The van der Waals surface area contributed by atoms with E-state index in [1.54, 1.807) is 0 Å². The van der Waals surface area contributed by atoms with Crippen LogP contribution in [0.15, 0.2) is 42.5 Å². The molecule has 0 aromatic heterocycles. The minimum absolute atomic E-state index is 0.0481. The average Bonchev–Trinajstić information content (AvgIpc) is 2.79. The van der Waals surface area contributed by atoms with Crippen LogP contribution in [0.3, 0.4) is 0 Å². The van der Waals surface area contributed by atoms with Crippen molar-refractivity contribution < 1.29 is 4.79 Å². The number of nitrogens with zero attached hydrogens (tertiary/aromatic N) is 2. The van der Waals surface area contributed by atoms with Gasteiger partial charge < -0.3 is 10.2 Å². The number of carbonyl (C=O) groups excluding carboxylic acids is 1. The van der Waals surface area contributed by atoms with Gasteiger partial charge in [-0.05, 0) is 74.9 Å². The van der Waals surface area contributed by atoms with E-state index in [1.165, 1.54) is 61.3 Å². The van der Waals surface area contributed by atoms with E-state index in [1.807, 2.05) is 0 Å². The van der Waals surface area contributed by atoms with Crippen LogP contribution < -0.4 is 5.32 Å². The highest BCUT2D eigenvalue weighted by atomic mass is 16.2. The lowest BCUT2D eigenvalue weighted by Crippen LogP contribution is -2.54. The van der Waals surface area contributed by atoms with E-state index in [-0.39, 0.29) is 18.2 Å². The van der Waals surface area contributed by atoms with Gasteiger partial charge in [0, 0.05) is 6.54 Å². The highest BCUT2D eigenvalue weighted by molar-refractivity contribution is 5.86. The van der Waals surface area contributed by atoms with Gasteiger partial charge in [-0.1, -0.05) is 61.7 Å². The third kappa shape index (κ3) is 4.80. The molecule has 4 heteroatoms. The van der Waals surface area contributed by atoms with Gasteiger partial charge in [-0.3, -0.25) is 4.90 Å². The molecule has 2 amide bonds. The summed E-state index contributed by atoms with van der Waals surface area (Å²) in [5.41, 5.74) is 1.25. The van der Waals surface area contributed by atoms with Crippen molar-refractivity contribution in [3.8, 4) is 0 Å². The minimum atomic E-state index is 0.0481.